The predicted molar refractivity (Wildman–Crippen MR) is 99.9 cm³/mol. The summed E-state index contributed by atoms with van der Waals surface area (Å²) in [6.07, 6.45) is 3.28. The van der Waals surface area contributed by atoms with Gasteiger partial charge in [-0.05, 0) is 69.3 Å². The zero-order valence-electron chi connectivity index (χ0n) is 14.4. The van der Waals surface area contributed by atoms with E-state index in [1.807, 2.05) is 0 Å². The number of hydrogen-bond donors (Lipinski definition) is 2. The van der Waals surface area contributed by atoms with E-state index >= 15 is 0 Å². The lowest BCUT2D eigenvalue weighted by Crippen LogP contribution is -1.99. The molecule has 1 aromatic heterocycles. The largest absolute Gasteiger partial charge is 0.354 e. The normalized spacial score (nSPS) is 11.3. The molecule has 0 fully saturated rings. The average molecular weight is 306 g/mol. The molecule has 0 radical (unpaired) electrons. The number of aromatic amines is 1. The quantitative estimate of drug-likeness (QED) is 0.637. The van der Waals surface area contributed by atoms with E-state index < -0.39 is 0 Å². The Morgan fingerprint density at radius 1 is 0.957 bits per heavy atom. The Morgan fingerprint density at radius 2 is 1.74 bits per heavy atom. The minimum absolute atomic E-state index is 0.764. The highest BCUT2D eigenvalue weighted by atomic mass is 14.7. The molecule has 2 heteroatoms. The van der Waals surface area contributed by atoms with E-state index in [9.17, 15) is 0 Å². The Kier molecular flexibility index (Phi) is 4.53. The van der Waals surface area contributed by atoms with Crippen molar-refractivity contribution in [1.29, 1.82) is 0 Å². The maximum absolute atomic E-state index is 5.69. The van der Waals surface area contributed by atoms with Crippen molar-refractivity contribution in [2.75, 3.05) is 6.54 Å². The van der Waals surface area contributed by atoms with Crippen LogP contribution < -0.4 is 5.73 Å². The Morgan fingerprint density at radius 3 is 2.48 bits per heavy atom. The number of aryl methyl sites for hydroxylation is 4. The van der Waals surface area contributed by atoms with Gasteiger partial charge in [0.05, 0.1) is 0 Å². The Bertz CT molecular complexity index is 827. The van der Waals surface area contributed by atoms with Crippen molar-refractivity contribution in [2.24, 2.45) is 5.73 Å². The number of hydrogen-bond acceptors (Lipinski definition) is 1. The zero-order chi connectivity index (χ0) is 16.4. The first-order chi connectivity index (χ1) is 11.1. The summed E-state index contributed by atoms with van der Waals surface area (Å²) in [5.41, 5.74) is 15.0. The summed E-state index contributed by atoms with van der Waals surface area (Å²) in [4.78, 5) is 3.71. The van der Waals surface area contributed by atoms with Crippen LogP contribution in [-0.4, -0.2) is 11.5 Å². The van der Waals surface area contributed by atoms with Crippen LogP contribution in [0.15, 0.2) is 36.4 Å². The lowest BCUT2D eigenvalue weighted by molar-refractivity contribution is 0.748. The van der Waals surface area contributed by atoms with E-state index in [1.165, 1.54) is 44.4 Å². The third-order valence-electron chi connectivity index (χ3n) is 4.65. The van der Waals surface area contributed by atoms with E-state index in [2.05, 4.69) is 62.2 Å². The summed E-state index contributed by atoms with van der Waals surface area (Å²) < 4.78 is 0. The summed E-state index contributed by atoms with van der Waals surface area (Å²) in [7, 11) is 0. The fourth-order valence-corrected chi connectivity index (χ4v) is 3.50. The van der Waals surface area contributed by atoms with Crippen LogP contribution in [0.3, 0.4) is 0 Å². The summed E-state index contributed by atoms with van der Waals surface area (Å²) in [5.74, 6) is 0. The minimum Gasteiger partial charge on any atom is -0.354 e. The predicted octanol–water partition coefficient (Wildman–Crippen LogP) is 5.04. The topological polar surface area (TPSA) is 41.8 Å². The minimum atomic E-state index is 0.764. The van der Waals surface area contributed by atoms with Crippen LogP contribution in [0.2, 0.25) is 0 Å². The lowest BCUT2D eigenvalue weighted by atomic mass is 9.96. The molecule has 0 aliphatic heterocycles. The molecule has 0 atom stereocenters. The van der Waals surface area contributed by atoms with Crippen molar-refractivity contribution in [2.45, 2.75) is 40.0 Å². The number of nitrogens with one attached hydrogen (secondary N) is 1. The highest BCUT2D eigenvalue weighted by Crippen LogP contribution is 2.35. The van der Waals surface area contributed by atoms with Crippen molar-refractivity contribution < 1.29 is 0 Å². The molecule has 0 amide bonds. The van der Waals surface area contributed by atoms with Crippen LogP contribution in [0.1, 0.15) is 35.1 Å². The van der Waals surface area contributed by atoms with Gasteiger partial charge in [-0.1, -0.05) is 35.9 Å². The van der Waals surface area contributed by atoms with Crippen LogP contribution in [-0.2, 0) is 6.42 Å². The summed E-state index contributed by atoms with van der Waals surface area (Å²) in [6.45, 7) is 7.32. The molecular formula is C21H26N2. The van der Waals surface area contributed by atoms with Gasteiger partial charge in [0, 0.05) is 22.2 Å². The molecule has 0 unspecified atom stereocenters. The van der Waals surface area contributed by atoms with Crippen LogP contribution in [0, 0.1) is 20.8 Å². The monoisotopic (exact) mass is 306 g/mol. The third-order valence-corrected chi connectivity index (χ3v) is 4.65. The van der Waals surface area contributed by atoms with Crippen LogP contribution in [0.25, 0.3) is 22.2 Å². The molecule has 0 aliphatic carbocycles. The van der Waals surface area contributed by atoms with Crippen LogP contribution >= 0.6 is 0 Å². The van der Waals surface area contributed by atoms with E-state index in [1.54, 1.807) is 0 Å². The van der Waals surface area contributed by atoms with Crippen LogP contribution in [0.4, 0.5) is 0 Å². The van der Waals surface area contributed by atoms with Crippen molar-refractivity contribution in [3.8, 4) is 11.3 Å². The highest BCUT2D eigenvalue weighted by Gasteiger charge is 2.15. The van der Waals surface area contributed by atoms with Gasteiger partial charge in [-0.25, -0.2) is 0 Å². The standard InChI is InChI=1S/C21H26N2/c1-14-12-16(3)20-19(13-14)18(10-6-7-11-22)21(23-20)17-9-5-4-8-15(17)2/h4-5,8-9,12-13,23H,6-7,10-11,22H2,1-3H3. The van der Waals surface area contributed by atoms with Crippen LogP contribution in [0.5, 0.6) is 0 Å². The molecule has 2 aromatic carbocycles. The summed E-state index contributed by atoms with van der Waals surface area (Å²) in [5, 5.41) is 1.37. The Labute approximate surface area is 138 Å². The van der Waals surface area contributed by atoms with E-state index in [0.29, 0.717) is 0 Å². The summed E-state index contributed by atoms with van der Waals surface area (Å²) >= 11 is 0. The first-order valence-electron chi connectivity index (χ1n) is 8.49. The molecule has 23 heavy (non-hydrogen) atoms. The number of aromatic nitrogens is 1. The Hall–Kier alpha value is -2.06. The van der Waals surface area contributed by atoms with E-state index in [-0.39, 0.29) is 0 Å². The number of H-pyrrole nitrogens is 1. The molecule has 0 aliphatic rings. The molecule has 120 valence electrons. The zero-order valence-corrected chi connectivity index (χ0v) is 14.4. The number of rotatable bonds is 5. The second-order valence-corrected chi connectivity index (χ2v) is 6.54. The average Bonchev–Trinajstić information content (AvgIpc) is 2.87. The van der Waals surface area contributed by atoms with E-state index in [0.717, 1.165) is 25.8 Å². The fourth-order valence-electron chi connectivity index (χ4n) is 3.50. The maximum Gasteiger partial charge on any atom is 0.0500 e. The van der Waals surface area contributed by atoms with Gasteiger partial charge in [0.1, 0.15) is 0 Å². The van der Waals surface area contributed by atoms with Gasteiger partial charge in [-0.15, -0.1) is 0 Å². The molecule has 0 saturated heterocycles. The molecule has 3 rings (SSSR count). The van der Waals surface area contributed by atoms with Crippen molar-refractivity contribution in [3.05, 3.63) is 58.7 Å². The molecular weight excluding hydrogens is 280 g/mol. The first-order valence-corrected chi connectivity index (χ1v) is 8.49. The maximum atomic E-state index is 5.69. The second-order valence-electron chi connectivity index (χ2n) is 6.54. The molecule has 3 aromatic rings. The van der Waals surface area contributed by atoms with Crippen molar-refractivity contribution in [1.82, 2.24) is 4.98 Å². The highest BCUT2D eigenvalue weighted by molar-refractivity contribution is 5.93. The van der Waals surface area contributed by atoms with Gasteiger partial charge < -0.3 is 10.7 Å². The molecule has 1 heterocycles. The number of nitrogens with two attached hydrogens (primary N) is 1. The van der Waals surface area contributed by atoms with E-state index in [4.69, 9.17) is 5.73 Å². The molecule has 3 N–H and O–H groups in total. The smallest absolute Gasteiger partial charge is 0.0500 e. The van der Waals surface area contributed by atoms with Gasteiger partial charge in [-0.2, -0.15) is 0 Å². The lowest BCUT2D eigenvalue weighted by Gasteiger charge is -2.08. The Balaban J connectivity index is 2.21. The van der Waals surface area contributed by atoms with Gasteiger partial charge in [0.25, 0.3) is 0 Å². The van der Waals surface area contributed by atoms with Gasteiger partial charge >= 0.3 is 0 Å². The first kappa shape index (κ1) is 15.8. The van der Waals surface area contributed by atoms with Gasteiger partial charge in [0.2, 0.25) is 0 Å². The molecule has 0 bridgehead atoms. The fraction of sp³-hybridized carbons (Fsp3) is 0.333. The van der Waals surface area contributed by atoms with Gasteiger partial charge in [0.15, 0.2) is 0 Å². The van der Waals surface area contributed by atoms with Gasteiger partial charge in [-0.3, -0.25) is 0 Å². The van der Waals surface area contributed by atoms with Crippen molar-refractivity contribution >= 4 is 10.9 Å². The summed E-state index contributed by atoms with van der Waals surface area (Å²) in [6, 6.07) is 13.2. The second kappa shape index (κ2) is 6.59. The van der Waals surface area contributed by atoms with Crippen molar-refractivity contribution in [3.63, 3.8) is 0 Å². The number of fused-ring (bicyclic) bond motifs is 1. The third kappa shape index (κ3) is 3.04. The number of unbranched alkanes of at least 4 members (excludes halogenated alkanes) is 1. The SMILES string of the molecule is Cc1cc(C)c2[nH]c(-c3ccccc3C)c(CCCCN)c2c1. The molecule has 0 saturated carbocycles. The molecule has 0 spiro atoms. The number of benzene rings is 2. The molecule has 2 nitrogen and oxygen atoms in total.